The van der Waals surface area contributed by atoms with Crippen LogP contribution < -0.4 is 9.80 Å². The highest BCUT2D eigenvalue weighted by molar-refractivity contribution is 6.30. The number of benzene rings is 4. The third-order valence-corrected chi connectivity index (χ3v) is 10.7. The Hall–Kier alpha value is -5.11. The fourth-order valence-electron chi connectivity index (χ4n) is 9.09. The topological polar surface area (TPSA) is 101 Å². The van der Waals surface area contributed by atoms with Gasteiger partial charge in [0.1, 0.15) is 0 Å². The molecule has 6 atom stereocenters. The number of imide groups is 2. The van der Waals surface area contributed by atoms with E-state index in [2.05, 4.69) is 0 Å². The minimum atomic E-state index is -1.46. The van der Waals surface area contributed by atoms with Crippen molar-refractivity contribution in [2.24, 2.45) is 35.0 Å². The minimum absolute atomic E-state index is 0.0998. The molecule has 0 aromatic heterocycles. The molecule has 0 spiro atoms. The van der Waals surface area contributed by atoms with Crippen molar-refractivity contribution in [2.45, 2.75) is 20.8 Å². The molecule has 2 unspecified atom stereocenters. The number of esters is 1. The van der Waals surface area contributed by atoms with Crippen molar-refractivity contribution in [3.63, 3.8) is 0 Å². The first kappa shape index (κ1) is 27.4. The van der Waals surface area contributed by atoms with Crippen molar-refractivity contribution in [3.05, 3.63) is 96.1 Å². The molecule has 1 saturated carbocycles. The van der Waals surface area contributed by atoms with Gasteiger partial charge < -0.3 is 4.74 Å². The normalized spacial score (nSPS) is 28.8. The quantitative estimate of drug-likeness (QED) is 0.229. The summed E-state index contributed by atoms with van der Waals surface area (Å²) in [4.78, 5) is 74.5. The average molecular weight is 599 g/mol. The van der Waals surface area contributed by atoms with Gasteiger partial charge in [-0.05, 0) is 36.8 Å². The second-order valence-electron chi connectivity index (χ2n) is 12.6. The fourth-order valence-corrected chi connectivity index (χ4v) is 9.09. The standard InChI is InChI=1S/C37H30N2O6/c1-4-45-36(44)29-19(2)26-27-30(34(42)38(32(27)40)24-17-9-13-20-11-5-7-15-22(20)24)37(29,3)31-28(26)33(41)39(35(31)43)25-18-10-14-21-12-6-8-16-23(21)25/h5-18,26-28,30-31H,4H2,1-3H3/t26?,27-,28-,30-,31+,37?/m1/s1. The van der Waals surface area contributed by atoms with Crippen LogP contribution in [0.5, 0.6) is 0 Å². The van der Waals surface area contributed by atoms with Crippen LogP contribution in [0.1, 0.15) is 20.8 Å². The number of amides is 4. The Morgan fingerprint density at radius 1 is 0.667 bits per heavy atom. The van der Waals surface area contributed by atoms with Crippen LogP contribution in [-0.4, -0.2) is 36.2 Å². The maximum absolute atomic E-state index is 14.6. The Balaban J connectivity index is 1.33. The maximum atomic E-state index is 14.6. The summed E-state index contributed by atoms with van der Waals surface area (Å²) < 4.78 is 5.51. The predicted molar refractivity (Wildman–Crippen MR) is 168 cm³/mol. The molecule has 9 rings (SSSR count). The van der Waals surface area contributed by atoms with E-state index in [1.165, 1.54) is 9.80 Å². The van der Waals surface area contributed by atoms with Gasteiger partial charge in [0.2, 0.25) is 23.6 Å². The molecule has 0 radical (unpaired) electrons. The molecule has 224 valence electrons. The number of anilines is 2. The van der Waals surface area contributed by atoms with E-state index >= 15 is 0 Å². The average Bonchev–Trinajstić information content (AvgIpc) is 3.46. The number of hydrogen-bond donors (Lipinski definition) is 0. The van der Waals surface area contributed by atoms with Crippen molar-refractivity contribution < 1.29 is 28.7 Å². The summed E-state index contributed by atoms with van der Waals surface area (Å²) in [5.74, 6) is -7.08. The molecule has 2 heterocycles. The van der Waals surface area contributed by atoms with E-state index < -0.39 is 64.6 Å². The Morgan fingerprint density at radius 3 is 1.58 bits per heavy atom. The smallest absolute Gasteiger partial charge is 0.334 e. The van der Waals surface area contributed by atoms with Gasteiger partial charge in [-0.15, -0.1) is 0 Å². The van der Waals surface area contributed by atoms with E-state index in [0.717, 1.165) is 21.5 Å². The van der Waals surface area contributed by atoms with E-state index in [0.29, 0.717) is 16.9 Å². The van der Waals surface area contributed by atoms with Crippen molar-refractivity contribution in [2.75, 3.05) is 16.4 Å². The van der Waals surface area contributed by atoms with Crippen LogP contribution in [-0.2, 0) is 28.7 Å². The second kappa shape index (κ2) is 9.44. The largest absolute Gasteiger partial charge is 0.463 e. The van der Waals surface area contributed by atoms with Gasteiger partial charge in [-0.25, -0.2) is 14.6 Å². The van der Waals surface area contributed by atoms with Gasteiger partial charge in [0.05, 0.1) is 41.7 Å². The van der Waals surface area contributed by atoms with Gasteiger partial charge in [-0.2, -0.15) is 0 Å². The second-order valence-corrected chi connectivity index (χ2v) is 12.6. The zero-order chi connectivity index (χ0) is 31.4. The van der Waals surface area contributed by atoms with Gasteiger partial charge in [0.15, 0.2) is 0 Å². The molecule has 4 aromatic carbocycles. The number of nitrogens with zero attached hydrogens (tertiary/aromatic N) is 2. The molecule has 45 heavy (non-hydrogen) atoms. The van der Waals surface area contributed by atoms with E-state index in [1.807, 2.05) is 60.7 Å². The number of ether oxygens (including phenoxy) is 1. The number of fused-ring (bicyclic) bond motifs is 2. The molecule has 2 saturated heterocycles. The molecule has 0 N–H and O–H groups in total. The van der Waals surface area contributed by atoms with E-state index in [1.54, 1.807) is 45.0 Å². The van der Waals surface area contributed by atoms with Crippen molar-refractivity contribution in [1.29, 1.82) is 0 Å². The van der Waals surface area contributed by atoms with E-state index in [9.17, 15) is 24.0 Å². The highest BCUT2D eigenvalue weighted by atomic mass is 16.5. The number of hydrogen-bond acceptors (Lipinski definition) is 6. The minimum Gasteiger partial charge on any atom is -0.463 e. The van der Waals surface area contributed by atoms with Crippen LogP contribution in [0.2, 0.25) is 0 Å². The zero-order valence-electron chi connectivity index (χ0n) is 25.0. The maximum Gasteiger partial charge on any atom is 0.334 e. The lowest BCUT2D eigenvalue weighted by Gasteiger charge is -2.55. The van der Waals surface area contributed by atoms with Crippen LogP contribution in [0.25, 0.3) is 21.5 Å². The highest BCUT2D eigenvalue weighted by Gasteiger charge is 2.77. The van der Waals surface area contributed by atoms with Gasteiger partial charge in [-0.3, -0.25) is 19.2 Å². The first-order valence-electron chi connectivity index (χ1n) is 15.3. The lowest BCUT2D eigenvalue weighted by Crippen LogP contribution is -2.61. The molecule has 4 aromatic rings. The predicted octanol–water partition coefficient (Wildman–Crippen LogP) is 5.43. The van der Waals surface area contributed by atoms with Crippen molar-refractivity contribution in [1.82, 2.24) is 0 Å². The van der Waals surface area contributed by atoms with Crippen LogP contribution in [0.3, 0.4) is 0 Å². The first-order valence-corrected chi connectivity index (χ1v) is 15.3. The molecule has 3 fully saturated rings. The van der Waals surface area contributed by atoms with Gasteiger partial charge in [0.25, 0.3) is 0 Å². The van der Waals surface area contributed by atoms with Crippen molar-refractivity contribution in [3.8, 4) is 0 Å². The molecule has 5 aliphatic rings. The molecule has 2 bridgehead atoms. The molecular formula is C37H30N2O6. The Kier molecular flexibility index (Phi) is 5.76. The molecular weight excluding hydrogens is 568 g/mol. The third kappa shape index (κ3) is 3.34. The molecule has 3 aliphatic carbocycles. The van der Waals surface area contributed by atoms with Gasteiger partial charge in [-0.1, -0.05) is 85.3 Å². The number of carbonyl (C=O) groups is 5. The summed E-state index contributed by atoms with van der Waals surface area (Å²) in [7, 11) is 0. The lowest BCUT2D eigenvalue weighted by atomic mass is 9.43. The van der Waals surface area contributed by atoms with Gasteiger partial charge in [0, 0.05) is 27.7 Å². The van der Waals surface area contributed by atoms with Crippen LogP contribution >= 0.6 is 0 Å². The Morgan fingerprint density at radius 2 is 1.11 bits per heavy atom. The molecule has 2 aliphatic heterocycles. The van der Waals surface area contributed by atoms with E-state index in [4.69, 9.17) is 4.74 Å². The monoisotopic (exact) mass is 598 g/mol. The van der Waals surface area contributed by atoms with E-state index in [-0.39, 0.29) is 12.2 Å². The summed E-state index contributed by atoms with van der Waals surface area (Å²) in [6.45, 7) is 5.26. The SMILES string of the molecule is CCOC(=O)C1=C(C)C2[C@H]3C(=O)N(c4cccc5ccccc45)C(=O)[C@H]3C1(C)[C@H]1C(=O)N(c3cccc4ccccc34)C(=O)[C@H]21. The highest BCUT2D eigenvalue weighted by Crippen LogP contribution is 2.69. The molecule has 4 amide bonds. The number of carbonyl (C=O) groups excluding carboxylic acids is 5. The Bertz CT molecular complexity index is 1930. The summed E-state index contributed by atoms with van der Waals surface area (Å²) in [6, 6.07) is 25.9. The van der Waals surface area contributed by atoms with Crippen LogP contribution in [0.4, 0.5) is 11.4 Å². The van der Waals surface area contributed by atoms with Crippen molar-refractivity contribution >= 4 is 62.5 Å². The van der Waals surface area contributed by atoms with Crippen LogP contribution in [0, 0.1) is 35.0 Å². The fraction of sp³-hybridized carbons (Fsp3) is 0.270. The number of rotatable bonds is 4. The zero-order valence-corrected chi connectivity index (χ0v) is 25.0. The lowest BCUT2D eigenvalue weighted by molar-refractivity contribution is -0.155. The summed E-state index contributed by atoms with van der Waals surface area (Å²) in [6.07, 6.45) is 0. The first-order chi connectivity index (χ1) is 21.7. The Labute approximate surface area is 259 Å². The molecule has 8 nitrogen and oxygen atoms in total. The summed E-state index contributed by atoms with van der Waals surface area (Å²) in [5.41, 5.74) is 0.226. The summed E-state index contributed by atoms with van der Waals surface area (Å²) >= 11 is 0. The van der Waals surface area contributed by atoms with Crippen LogP contribution in [0.15, 0.2) is 96.1 Å². The van der Waals surface area contributed by atoms with Gasteiger partial charge >= 0.3 is 5.97 Å². The number of allylic oxidation sites excluding steroid dienone is 1. The third-order valence-electron chi connectivity index (χ3n) is 10.7. The molecule has 8 heteroatoms. The summed E-state index contributed by atoms with van der Waals surface area (Å²) in [5, 5.41) is 3.22.